The lowest BCUT2D eigenvalue weighted by molar-refractivity contribution is -0.370. The quantitative estimate of drug-likeness (QED) is 0.0404. The molecule has 0 amide bonds. The molecule has 0 aromatic heterocycles. The fraction of sp³-hybridized carbons (Fsp3) is 0.309. The number of esters is 2. The van der Waals surface area contributed by atoms with Crippen molar-refractivity contribution in [3.05, 3.63) is 323 Å². The van der Waals surface area contributed by atoms with Crippen molar-refractivity contribution in [1.82, 2.24) is 0 Å². The van der Waals surface area contributed by atoms with Gasteiger partial charge in [0.05, 0.1) is 76.7 Å². The van der Waals surface area contributed by atoms with Crippen molar-refractivity contribution in [1.29, 1.82) is 0 Å². The zero-order chi connectivity index (χ0) is 67.1. The third kappa shape index (κ3) is 19.2. The summed E-state index contributed by atoms with van der Waals surface area (Å²) >= 11 is 0. The highest BCUT2D eigenvalue weighted by Gasteiger charge is 2.57. The first-order chi connectivity index (χ1) is 48.3. The maximum atomic E-state index is 15.1. The first-order valence-corrected chi connectivity index (χ1v) is 33.2. The molecular weight excluding hydrogens is 1240 g/mol. The van der Waals surface area contributed by atoms with Crippen molar-refractivity contribution in [3.63, 3.8) is 0 Å². The number of aliphatic hydroxyl groups excluding tert-OH is 1. The van der Waals surface area contributed by atoms with E-state index < -0.39 is 104 Å². The molecule has 0 saturated carbocycles. The number of hydrogen-bond acceptors (Lipinski definition) is 17. The van der Waals surface area contributed by atoms with Crippen molar-refractivity contribution < 1.29 is 81.0 Å². The van der Waals surface area contributed by atoms with Crippen molar-refractivity contribution in [2.24, 2.45) is 0 Å². The fourth-order valence-electron chi connectivity index (χ4n) is 12.2. The highest BCUT2D eigenvalue weighted by atomic mass is 16.8. The Labute approximate surface area is 571 Å². The molecule has 0 unspecified atom stereocenters. The first-order valence-electron chi connectivity index (χ1n) is 33.2. The zero-order valence-corrected chi connectivity index (χ0v) is 54.5. The molecule has 3 aliphatic rings. The molecule has 0 radical (unpaired) electrons. The molecule has 98 heavy (non-hydrogen) atoms. The molecule has 17 heteroatoms. The lowest BCUT2D eigenvalue weighted by atomic mass is 9.95. The van der Waals surface area contributed by atoms with Gasteiger partial charge in [-0.2, -0.15) is 0 Å². The molecule has 15 atom stereocenters. The topological polar surface area (TPSA) is 184 Å². The van der Waals surface area contributed by atoms with Crippen LogP contribution in [-0.2, 0) is 113 Å². The Morgan fingerprint density at radius 1 is 0.306 bits per heavy atom. The van der Waals surface area contributed by atoms with Gasteiger partial charge < -0.3 is 71.4 Å². The van der Waals surface area contributed by atoms with Crippen LogP contribution < -0.4 is 0 Å². The molecular formula is C81H82O17. The molecule has 3 aliphatic heterocycles. The summed E-state index contributed by atoms with van der Waals surface area (Å²) in [5.41, 5.74) is 6.50. The van der Waals surface area contributed by atoms with Gasteiger partial charge in [-0.05, 0) is 70.1 Å². The number of ether oxygens (including phenoxy) is 14. The minimum Gasteiger partial charge on any atom is -0.452 e. The largest absolute Gasteiger partial charge is 0.452 e. The lowest BCUT2D eigenvalue weighted by Gasteiger charge is -2.49. The van der Waals surface area contributed by atoms with Crippen molar-refractivity contribution in [3.8, 4) is 0 Å². The Kier molecular flexibility index (Phi) is 25.3. The number of rotatable bonds is 31. The van der Waals surface area contributed by atoms with E-state index >= 15 is 4.79 Å². The Bertz CT molecular complexity index is 3760. The van der Waals surface area contributed by atoms with Crippen LogP contribution in [0.4, 0.5) is 0 Å². The molecule has 3 saturated heterocycles. The molecule has 1 N–H and O–H groups in total. The second-order valence-corrected chi connectivity index (χ2v) is 24.3. The number of benzene rings is 9. The second-order valence-electron chi connectivity index (χ2n) is 24.3. The minimum atomic E-state index is -1.63. The van der Waals surface area contributed by atoms with Gasteiger partial charge in [0.1, 0.15) is 54.9 Å². The van der Waals surface area contributed by atoms with Gasteiger partial charge >= 0.3 is 11.9 Å². The molecule has 0 aliphatic carbocycles. The SMILES string of the molecule is C[C@@H]1O[C@@H](O[C@H]2[C@H](OC(=O)c3ccccc3)[C@@H](OC(=O)c3ccccc3)[C@H](OC[C@H]3O[C@H](O)[C@H](OCc4ccccc4)[C@@H](OCc4ccccc4)[C@@H]3OCc3ccccc3)O[C@@H]2COCc2ccccc2)[C@H](OCc2ccccc2)[C@H](OCc2ccccc2)[C@H]1OCc1ccccc1. The summed E-state index contributed by atoms with van der Waals surface area (Å²) in [4.78, 5) is 30.0. The molecule has 0 spiro atoms. The van der Waals surface area contributed by atoms with Crippen LogP contribution in [0.3, 0.4) is 0 Å². The molecule has 17 nitrogen and oxygen atoms in total. The van der Waals surface area contributed by atoms with Gasteiger partial charge in [-0.3, -0.25) is 0 Å². The summed E-state index contributed by atoms with van der Waals surface area (Å²) in [5.74, 6) is -1.58. The van der Waals surface area contributed by atoms with Crippen LogP contribution in [0, 0.1) is 0 Å². The Morgan fingerprint density at radius 3 is 1.05 bits per heavy atom. The van der Waals surface area contributed by atoms with E-state index in [9.17, 15) is 9.90 Å². The summed E-state index contributed by atoms with van der Waals surface area (Å²) in [5, 5.41) is 12.3. The van der Waals surface area contributed by atoms with Crippen LogP contribution in [-0.4, -0.2) is 122 Å². The number of aliphatic hydroxyl groups is 1. The van der Waals surface area contributed by atoms with Gasteiger partial charge in [0, 0.05) is 0 Å². The molecule has 9 aromatic rings. The maximum Gasteiger partial charge on any atom is 0.338 e. The number of carbonyl (C=O) groups excluding carboxylic acids is 2. The summed E-state index contributed by atoms with van der Waals surface area (Å²) in [6.07, 6.45) is -17.9. The normalized spacial score (nSPS) is 25.4. The molecule has 3 heterocycles. The Balaban J connectivity index is 0.936. The lowest BCUT2D eigenvalue weighted by Crippen LogP contribution is -2.66. The first kappa shape index (κ1) is 69.3. The maximum absolute atomic E-state index is 15.1. The summed E-state index contributed by atoms with van der Waals surface area (Å²) < 4.78 is 96.6. The monoisotopic (exact) mass is 1330 g/mol. The van der Waals surface area contributed by atoms with Crippen LogP contribution in [0.15, 0.2) is 273 Å². The van der Waals surface area contributed by atoms with Gasteiger partial charge in [-0.1, -0.05) is 249 Å². The van der Waals surface area contributed by atoms with E-state index in [2.05, 4.69) is 0 Å². The van der Waals surface area contributed by atoms with Crippen LogP contribution in [0.5, 0.6) is 0 Å². The highest BCUT2D eigenvalue weighted by molar-refractivity contribution is 5.90. The Morgan fingerprint density at radius 2 is 0.633 bits per heavy atom. The molecule has 12 rings (SSSR count). The van der Waals surface area contributed by atoms with E-state index in [1.165, 1.54) is 0 Å². The summed E-state index contributed by atoms with van der Waals surface area (Å²) in [6.45, 7) is 2.23. The Hall–Kier alpha value is -8.60. The second kappa shape index (κ2) is 35.8. The zero-order valence-electron chi connectivity index (χ0n) is 54.5. The predicted molar refractivity (Wildman–Crippen MR) is 362 cm³/mol. The van der Waals surface area contributed by atoms with Crippen LogP contribution in [0.25, 0.3) is 0 Å². The highest BCUT2D eigenvalue weighted by Crippen LogP contribution is 2.38. The molecule has 508 valence electrons. The van der Waals surface area contributed by atoms with Gasteiger partial charge in [0.15, 0.2) is 31.1 Å². The van der Waals surface area contributed by atoms with E-state index in [1.54, 1.807) is 60.7 Å². The van der Waals surface area contributed by atoms with E-state index in [0.717, 1.165) is 38.9 Å². The van der Waals surface area contributed by atoms with Gasteiger partial charge in [-0.15, -0.1) is 0 Å². The van der Waals surface area contributed by atoms with Crippen molar-refractivity contribution in [2.45, 2.75) is 145 Å². The van der Waals surface area contributed by atoms with E-state index in [4.69, 9.17) is 66.3 Å². The van der Waals surface area contributed by atoms with Gasteiger partial charge in [0.2, 0.25) is 0 Å². The standard InChI is InChI=1S/C81H82O17/c1-56-68(86-48-58-31-13-3-14-32-58)71(88-50-60-35-17-5-18-36-60)75(91-53-63-41-23-8-24-42-63)81(93-56)98-70-66(54-85-47-57-29-11-2-12-30-57)95-80(76(97-78(83)65-45-27-10-28-46-65)73(70)96-77(82)64-43-25-9-26-44-64)92-55-67-69(87-49-59-33-15-4-16-34-59)72(89-51-61-37-19-6-20-38-61)74(79(84)94-67)90-52-62-39-21-7-22-40-62/h2-46,56,66-76,79-81,84H,47-55H2,1H3/t56-,66+,67+,68-,69+,70+,71+,72-,73-,74+,75+,76+,79-,80+,81-/m0/s1. The van der Waals surface area contributed by atoms with Crippen molar-refractivity contribution >= 4 is 11.9 Å². The molecule has 3 fully saturated rings. The van der Waals surface area contributed by atoms with Crippen LogP contribution in [0.1, 0.15) is 66.6 Å². The van der Waals surface area contributed by atoms with E-state index in [1.807, 2.05) is 219 Å². The average molecular weight is 1330 g/mol. The van der Waals surface area contributed by atoms with Gasteiger partial charge in [0.25, 0.3) is 0 Å². The third-order valence-electron chi connectivity index (χ3n) is 17.3. The summed E-state index contributed by atoms with van der Waals surface area (Å²) in [7, 11) is 0. The van der Waals surface area contributed by atoms with Crippen LogP contribution in [0.2, 0.25) is 0 Å². The number of hydrogen-bond donors (Lipinski definition) is 1. The van der Waals surface area contributed by atoms with Crippen molar-refractivity contribution in [2.75, 3.05) is 13.2 Å². The predicted octanol–water partition coefficient (Wildman–Crippen LogP) is 12.8. The van der Waals surface area contributed by atoms with Gasteiger partial charge in [-0.25, -0.2) is 9.59 Å². The number of carbonyl (C=O) groups is 2. The van der Waals surface area contributed by atoms with E-state index in [-0.39, 0.29) is 70.6 Å². The molecule has 9 aromatic carbocycles. The van der Waals surface area contributed by atoms with E-state index in [0.29, 0.717) is 0 Å². The fourth-order valence-corrected chi connectivity index (χ4v) is 12.2. The minimum absolute atomic E-state index is 0.0934. The smallest absolute Gasteiger partial charge is 0.338 e. The average Bonchev–Trinajstić information content (AvgIpc) is 0.774. The molecule has 0 bridgehead atoms. The third-order valence-corrected chi connectivity index (χ3v) is 17.3. The summed E-state index contributed by atoms with van der Waals surface area (Å²) in [6, 6.07) is 84.7. The van der Waals surface area contributed by atoms with Crippen LogP contribution >= 0.6 is 0 Å².